The van der Waals surface area contributed by atoms with E-state index in [9.17, 15) is 14.3 Å². The maximum atomic E-state index is 14.8. The number of aromatic nitrogens is 2. The summed E-state index contributed by atoms with van der Waals surface area (Å²) < 4.78 is 16.7. The molecule has 0 saturated heterocycles. The largest absolute Gasteiger partial charge is 0.391 e. The molecule has 6 heteroatoms. The lowest BCUT2D eigenvalue weighted by molar-refractivity contribution is 0.0718. The van der Waals surface area contributed by atoms with Crippen LogP contribution in [0.2, 0.25) is 0 Å². The number of nitrogens with one attached hydrogen (secondary N) is 1. The number of carbonyl (C=O) groups excluding carboxylic acids is 1. The molecule has 2 aromatic carbocycles. The zero-order chi connectivity index (χ0) is 22.8. The van der Waals surface area contributed by atoms with E-state index < -0.39 is 11.9 Å². The van der Waals surface area contributed by atoms with Crippen molar-refractivity contribution < 1.29 is 14.3 Å². The first kappa shape index (κ1) is 21.3. The van der Waals surface area contributed by atoms with E-state index in [1.165, 1.54) is 6.07 Å². The molecule has 168 valence electrons. The van der Waals surface area contributed by atoms with Gasteiger partial charge in [-0.3, -0.25) is 9.78 Å². The molecule has 2 heterocycles. The number of amides is 1. The predicted molar refractivity (Wildman–Crippen MR) is 126 cm³/mol. The van der Waals surface area contributed by atoms with Crippen LogP contribution in [0.4, 0.5) is 4.39 Å². The number of nitrogens with zero attached hydrogens (tertiary/aromatic N) is 2. The van der Waals surface area contributed by atoms with Crippen molar-refractivity contribution in [2.75, 3.05) is 0 Å². The molecule has 1 aliphatic carbocycles. The van der Waals surface area contributed by atoms with Gasteiger partial charge < -0.3 is 15.0 Å². The van der Waals surface area contributed by atoms with Crippen LogP contribution in [0.25, 0.3) is 22.2 Å². The fraction of sp³-hybridized carbons (Fsp3) is 0.259. The Labute approximate surface area is 191 Å². The van der Waals surface area contributed by atoms with E-state index in [4.69, 9.17) is 0 Å². The molecular weight excluding hydrogens is 417 g/mol. The van der Waals surface area contributed by atoms with Crippen molar-refractivity contribution in [1.82, 2.24) is 14.9 Å². The molecule has 33 heavy (non-hydrogen) atoms. The molecule has 0 unspecified atom stereocenters. The molecule has 0 radical (unpaired) electrons. The van der Waals surface area contributed by atoms with Gasteiger partial charge >= 0.3 is 0 Å². The summed E-state index contributed by atoms with van der Waals surface area (Å²) in [6, 6.07) is 18.4. The van der Waals surface area contributed by atoms with Crippen molar-refractivity contribution in [1.29, 1.82) is 0 Å². The number of rotatable bonds is 5. The summed E-state index contributed by atoms with van der Waals surface area (Å²) in [5, 5.41) is 13.5. The van der Waals surface area contributed by atoms with Gasteiger partial charge in [0.15, 0.2) is 0 Å². The number of pyridine rings is 1. The molecule has 0 aliphatic heterocycles. The van der Waals surface area contributed by atoms with Crippen LogP contribution in [0.5, 0.6) is 0 Å². The van der Waals surface area contributed by atoms with Gasteiger partial charge in [-0.2, -0.15) is 0 Å². The lowest BCUT2D eigenvalue weighted by Crippen LogP contribution is -2.45. The summed E-state index contributed by atoms with van der Waals surface area (Å²) in [4.78, 5) is 17.7. The molecule has 2 atom stereocenters. The SMILES string of the molecule is O=C(N[C@H]1CCCC[C@@H]1O)c1cn(Cc2ccc(-c3ccccc3)nc2)c2cccc(F)c12. The molecule has 5 nitrogen and oxygen atoms in total. The zero-order valence-electron chi connectivity index (χ0n) is 18.2. The normalized spacial score (nSPS) is 18.4. The number of hydrogen-bond donors (Lipinski definition) is 2. The topological polar surface area (TPSA) is 67.2 Å². The second-order valence-electron chi connectivity index (χ2n) is 8.65. The lowest BCUT2D eigenvalue weighted by atomic mass is 9.92. The van der Waals surface area contributed by atoms with Crippen molar-refractivity contribution in [3.8, 4) is 11.3 Å². The Balaban J connectivity index is 1.43. The Hall–Kier alpha value is -3.51. The molecular formula is C27H26FN3O2. The maximum absolute atomic E-state index is 14.8. The number of benzene rings is 2. The van der Waals surface area contributed by atoms with Gasteiger partial charge in [0.05, 0.1) is 28.9 Å². The molecule has 4 aromatic rings. The van der Waals surface area contributed by atoms with E-state index in [-0.39, 0.29) is 17.5 Å². The summed E-state index contributed by atoms with van der Waals surface area (Å²) in [5.41, 5.74) is 3.81. The fourth-order valence-electron chi connectivity index (χ4n) is 4.63. The van der Waals surface area contributed by atoms with Crippen molar-refractivity contribution in [2.24, 2.45) is 0 Å². The second-order valence-corrected chi connectivity index (χ2v) is 8.65. The van der Waals surface area contributed by atoms with Crippen molar-refractivity contribution in [3.05, 3.63) is 90.0 Å². The minimum absolute atomic E-state index is 0.287. The van der Waals surface area contributed by atoms with Crippen LogP contribution in [0.15, 0.2) is 73.1 Å². The Bertz CT molecular complexity index is 1270. The Morgan fingerprint density at radius 1 is 1.06 bits per heavy atom. The van der Waals surface area contributed by atoms with Gasteiger partial charge in [0.25, 0.3) is 5.91 Å². The Kier molecular flexibility index (Phi) is 5.92. The molecule has 1 fully saturated rings. The number of halogens is 1. The number of fused-ring (bicyclic) bond motifs is 1. The van der Waals surface area contributed by atoms with Crippen molar-refractivity contribution in [3.63, 3.8) is 0 Å². The highest BCUT2D eigenvalue weighted by molar-refractivity contribution is 6.07. The monoisotopic (exact) mass is 443 g/mol. The number of carbonyl (C=O) groups is 1. The van der Waals surface area contributed by atoms with Gasteiger partial charge in [-0.05, 0) is 36.6 Å². The third-order valence-electron chi connectivity index (χ3n) is 6.39. The van der Waals surface area contributed by atoms with Crippen molar-refractivity contribution in [2.45, 2.75) is 44.4 Å². The third kappa shape index (κ3) is 4.39. The fourth-order valence-corrected chi connectivity index (χ4v) is 4.63. The number of hydrogen-bond acceptors (Lipinski definition) is 3. The van der Waals surface area contributed by atoms with Gasteiger partial charge in [-0.25, -0.2) is 4.39 Å². The predicted octanol–water partition coefficient (Wildman–Crippen LogP) is 4.92. The summed E-state index contributed by atoms with van der Waals surface area (Å²) in [7, 11) is 0. The smallest absolute Gasteiger partial charge is 0.253 e. The molecule has 1 amide bonds. The lowest BCUT2D eigenvalue weighted by Gasteiger charge is -2.28. The summed E-state index contributed by atoms with van der Waals surface area (Å²) in [6.07, 6.45) is 6.27. The second kappa shape index (κ2) is 9.16. The highest BCUT2D eigenvalue weighted by Gasteiger charge is 2.27. The van der Waals surface area contributed by atoms with E-state index >= 15 is 0 Å². The van der Waals surface area contributed by atoms with Gasteiger partial charge in [-0.1, -0.05) is 55.3 Å². The number of aliphatic hydroxyl groups is 1. The van der Waals surface area contributed by atoms with E-state index in [1.54, 1.807) is 12.3 Å². The van der Waals surface area contributed by atoms with Crippen LogP contribution in [-0.2, 0) is 6.54 Å². The molecule has 2 aromatic heterocycles. The van der Waals surface area contributed by atoms with Crippen molar-refractivity contribution >= 4 is 16.8 Å². The van der Waals surface area contributed by atoms with Crippen LogP contribution in [0.1, 0.15) is 41.6 Å². The van der Waals surface area contributed by atoms with E-state index in [0.29, 0.717) is 23.9 Å². The van der Waals surface area contributed by atoms with E-state index in [0.717, 1.165) is 36.1 Å². The van der Waals surface area contributed by atoms with E-state index in [1.807, 2.05) is 59.3 Å². The van der Waals surface area contributed by atoms with Crippen LogP contribution in [0.3, 0.4) is 0 Å². The zero-order valence-corrected chi connectivity index (χ0v) is 18.2. The molecule has 0 spiro atoms. The quantitative estimate of drug-likeness (QED) is 0.460. The molecule has 1 aliphatic rings. The van der Waals surface area contributed by atoms with E-state index in [2.05, 4.69) is 10.3 Å². The standard InChI is InChI=1S/C27H26FN3O2/c28-21-9-6-11-24-26(21)20(27(33)30-23-10-4-5-12-25(23)32)17-31(24)16-18-13-14-22(29-15-18)19-7-2-1-3-8-19/h1-3,6-9,11,13-15,17,23,25,32H,4-5,10,12,16H2,(H,30,33)/t23-,25-/m0/s1. The first-order valence-corrected chi connectivity index (χ1v) is 11.4. The molecule has 2 N–H and O–H groups in total. The van der Waals surface area contributed by atoms with Gasteiger partial charge in [-0.15, -0.1) is 0 Å². The Morgan fingerprint density at radius 3 is 2.64 bits per heavy atom. The minimum atomic E-state index is -0.560. The minimum Gasteiger partial charge on any atom is -0.391 e. The molecule has 5 rings (SSSR count). The molecule has 1 saturated carbocycles. The maximum Gasteiger partial charge on any atom is 0.253 e. The highest BCUT2D eigenvalue weighted by atomic mass is 19.1. The Morgan fingerprint density at radius 2 is 1.88 bits per heavy atom. The number of aliphatic hydroxyl groups excluding tert-OH is 1. The highest BCUT2D eigenvalue weighted by Crippen LogP contribution is 2.27. The molecule has 0 bridgehead atoms. The summed E-state index contributed by atoms with van der Waals surface area (Å²) in [5.74, 6) is -0.787. The van der Waals surface area contributed by atoms with Crippen LogP contribution in [0, 0.1) is 5.82 Å². The van der Waals surface area contributed by atoms with Crippen LogP contribution < -0.4 is 5.32 Å². The summed E-state index contributed by atoms with van der Waals surface area (Å²) >= 11 is 0. The summed E-state index contributed by atoms with van der Waals surface area (Å²) in [6.45, 7) is 0.460. The van der Waals surface area contributed by atoms with Gasteiger partial charge in [0, 0.05) is 29.9 Å². The third-order valence-corrected chi connectivity index (χ3v) is 6.39. The average Bonchev–Trinajstić information content (AvgIpc) is 3.21. The van der Waals surface area contributed by atoms with Gasteiger partial charge in [0.2, 0.25) is 0 Å². The van der Waals surface area contributed by atoms with Crippen LogP contribution >= 0.6 is 0 Å². The van der Waals surface area contributed by atoms with Gasteiger partial charge in [0.1, 0.15) is 5.82 Å². The average molecular weight is 444 g/mol. The first-order chi connectivity index (χ1) is 16.1. The first-order valence-electron chi connectivity index (χ1n) is 11.4. The van der Waals surface area contributed by atoms with Crippen LogP contribution in [-0.4, -0.2) is 32.7 Å².